The molecule has 0 radical (unpaired) electrons. The van der Waals surface area contributed by atoms with E-state index in [1.54, 1.807) is 26.0 Å². The van der Waals surface area contributed by atoms with Crippen molar-refractivity contribution in [2.24, 2.45) is 16.8 Å². The van der Waals surface area contributed by atoms with Crippen molar-refractivity contribution >= 4 is 15.5 Å². The minimum atomic E-state index is -3.02. The molecule has 0 N–H and O–H groups in total. The van der Waals surface area contributed by atoms with Crippen molar-refractivity contribution in [3.05, 3.63) is 58.3 Å². The van der Waals surface area contributed by atoms with Crippen LogP contribution in [0.15, 0.2) is 40.5 Å². The van der Waals surface area contributed by atoms with Gasteiger partial charge < -0.3 is 0 Å². The third-order valence-electron chi connectivity index (χ3n) is 5.67. The Hall–Kier alpha value is -2.00. The van der Waals surface area contributed by atoms with E-state index in [1.807, 2.05) is 0 Å². The topological polar surface area (TPSA) is 50.9 Å². The molecule has 0 atom stereocenters. The van der Waals surface area contributed by atoms with Crippen LogP contribution in [-0.2, 0) is 9.84 Å². The van der Waals surface area contributed by atoms with Gasteiger partial charge in [0.2, 0.25) is 5.70 Å². The van der Waals surface area contributed by atoms with Crippen molar-refractivity contribution in [3.63, 3.8) is 0 Å². The summed E-state index contributed by atoms with van der Waals surface area (Å²) >= 11 is 0. The summed E-state index contributed by atoms with van der Waals surface area (Å²) in [6.45, 7) is 11.6. The van der Waals surface area contributed by atoms with E-state index in [9.17, 15) is 12.8 Å². The molecule has 1 saturated carbocycles. The first kappa shape index (κ1) is 19.8. The highest BCUT2D eigenvalue weighted by Crippen LogP contribution is 2.38. The van der Waals surface area contributed by atoms with Gasteiger partial charge in [-0.2, -0.15) is 0 Å². The Labute approximate surface area is 160 Å². The summed E-state index contributed by atoms with van der Waals surface area (Å²) in [6, 6.07) is 6.21. The van der Waals surface area contributed by atoms with Crippen LogP contribution in [0.1, 0.15) is 45.1 Å². The van der Waals surface area contributed by atoms with Gasteiger partial charge in [0.15, 0.2) is 9.84 Å². The third-order valence-corrected chi connectivity index (χ3v) is 8.04. The van der Waals surface area contributed by atoms with Gasteiger partial charge in [-0.05, 0) is 74.6 Å². The lowest BCUT2D eigenvalue weighted by Gasteiger charge is -2.30. The lowest BCUT2D eigenvalue weighted by Crippen LogP contribution is -2.27. The molecule has 1 aromatic carbocycles. The van der Waals surface area contributed by atoms with E-state index < -0.39 is 9.84 Å². The Morgan fingerprint density at radius 3 is 2.56 bits per heavy atom. The lowest BCUT2D eigenvalue weighted by atomic mass is 9.78. The Kier molecular flexibility index (Phi) is 5.81. The van der Waals surface area contributed by atoms with Gasteiger partial charge in [0.1, 0.15) is 5.82 Å². The average molecular weight is 389 g/mol. The number of halogens is 1. The zero-order chi connectivity index (χ0) is 19.6. The van der Waals surface area contributed by atoms with Crippen molar-refractivity contribution in [1.29, 1.82) is 0 Å². The number of aliphatic imine (C=N–C) groups is 1. The number of hydrogen-bond acceptors (Lipinski definition) is 3. The van der Waals surface area contributed by atoms with Crippen LogP contribution in [0.2, 0.25) is 0 Å². The zero-order valence-electron chi connectivity index (χ0n) is 15.8. The molecule has 144 valence electrons. The first-order valence-electron chi connectivity index (χ1n) is 9.44. The van der Waals surface area contributed by atoms with Gasteiger partial charge >= 0.3 is 0 Å². The van der Waals surface area contributed by atoms with Crippen LogP contribution in [0, 0.1) is 24.2 Å². The molecule has 6 heteroatoms. The largest absolute Gasteiger partial charge is 0.293 e. The van der Waals surface area contributed by atoms with E-state index in [4.69, 9.17) is 6.57 Å². The summed E-state index contributed by atoms with van der Waals surface area (Å²) in [6.07, 6.45) is 3.50. The maximum absolute atomic E-state index is 13.5. The monoisotopic (exact) mass is 388 g/mol. The highest BCUT2D eigenvalue weighted by atomic mass is 32.2. The van der Waals surface area contributed by atoms with Gasteiger partial charge in [-0.1, -0.05) is 12.1 Å². The Bertz CT molecular complexity index is 918. The summed E-state index contributed by atoms with van der Waals surface area (Å²) in [5, 5.41) is -0.330. The van der Waals surface area contributed by atoms with Crippen molar-refractivity contribution in [2.45, 2.75) is 44.8 Å². The molecule has 1 fully saturated rings. The average Bonchev–Trinajstić information content (AvgIpc) is 3.06. The summed E-state index contributed by atoms with van der Waals surface area (Å²) < 4.78 is 37.9. The second-order valence-electron chi connectivity index (χ2n) is 7.76. The Morgan fingerprint density at radius 1 is 1.26 bits per heavy atom. The van der Waals surface area contributed by atoms with E-state index in [2.05, 4.69) is 9.84 Å². The van der Waals surface area contributed by atoms with Crippen LogP contribution in [-0.4, -0.2) is 31.7 Å². The van der Waals surface area contributed by atoms with Crippen molar-refractivity contribution < 1.29 is 12.8 Å². The highest BCUT2D eigenvalue weighted by Gasteiger charge is 2.32. The molecular formula is C21H25FN2O2S. The molecule has 0 aromatic heterocycles. The van der Waals surface area contributed by atoms with Gasteiger partial charge in [0, 0.05) is 0 Å². The first-order chi connectivity index (χ1) is 12.8. The molecule has 1 aliphatic heterocycles. The molecule has 1 aromatic rings. The molecule has 0 amide bonds. The van der Waals surface area contributed by atoms with Gasteiger partial charge in [0.25, 0.3) is 0 Å². The lowest BCUT2D eigenvalue weighted by molar-refractivity contribution is 0.319. The Balaban J connectivity index is 1.71. The predicted octanol–water partition coefficient (Wildman–Crippen LogP) is 4.43. The molecule has 2 aliphatic rings. The molecule has 1 aliphatic carbocycles. The van der Waals surface area contributed by atoms with Crippen LogP contribution < -0.4 is 0 Å². The van der Waals surface area contributed by atoms with Gasteiger partial charge in [-0.3, -0.25) is 4.99 Å². The number of benzene rings is 1. The van der Waals surface area contributed by atoms with Gasteiger partial charge in [-0.15, -0.1) is 0 Å². The second kappa shape index (κ2) is 7.93. The van der Waals surface area contributed by atoms with E-state index in [0.29, 0.717) is 23.5 Å². The van der Waals surface area contributed by atoms with E-state index in [1.165, 1.54) is 12.1 Å². The molecule has 0 spiro atoms. The third kappa shape index (κ3) is 4.30. The molecule has 0 saturated heterocycles. The fourth-order valence-electron chi connectivity index (χ4n) is 3.98. The number of nitrogens with zero attached hydrogens (tertiary/aromatic N) is 2. The second-order valence-corrected chi connectivity index (χ2v) is 10.4. The van der Waals surface area contributed by atoms with Crippen LogP contribution in [0.4, 0.5) is 4.39 Å². The number of rotatable bonds is 5. The Morgan fingerprint density at radius 2 is 1.96 bits per heavy atom. The summed E-state index contributed by atoms with van der Waals surface area (Å²) in [4.78, 5) is 8.24. The maximum Gasteiger partial charge on any atom is 0.213 e. The number of allylic oxidation sites excluding steroid dienone is 1. The summed E-state index contributed by atoms with van der Waals surface area (Å²) in [5.41, 5.74) is 2.82. The highest BCUT2D eigenvalue weighted by molar-refractivity contribution is 7.91. The summed E-state index contributed by atoms with van der Waals surface area (Å²) in [7, 11) is -3.02. The standard InChI is InChI=1S/C21H25FN2O2S/c1-14(2)27(25,26)13-15-7-9-16(10-8-15)19-12-24-20(21(19)23-3)17-5-4-6-18(22)11-17/h4-6,11,14-16H,7-10,12-13H2,1-2H3. The SMILES string of the molecule is [C-]#[N+]C1=C(C2CCC(CS(=O)(=O)C(C)C)CC2)CN=C1c1cccc(F)c1. The molecule has 1 heterocycles. The van der Waals surface area contributed by atoms with E-state index in [-0.39, 0.29) is 28.7 Å². The van der Waals surface area contributed by atoms with Crippen LogP contribution in [0.25, 0.3) is 4.85 Å². The fraction of sp³-hybridized carbons (Fsp3) is 0.524. The zero-order valence-corrected chi connectivity index (χ0v) is 16.6. The minimum Gasteiger partial charge on any atom is -0.293 e. The van der Waals surface area contributed by atoms with E-state index >= 15 is 0 Å². The van der Waals surface area contributed by atoms with Gasteiger partial charge in [-0.25, -0.2) is 17.7 Å². The molecular weight excluding hydrogens is 363 g/mol. The fourth-order valence-corrected chi connectivity index (χ4v) is 5.35. The van der Waals surface area contributed by atoms with Crippen molar-refractivity contribution in [3.8, 4) is 0 Å². The first-order valence-corrected chi connectivity index (χ1v) is 11.2. The maximum atomic E-state index is 13.5. The predicted molar refractivity (Wildman–Crippen MR) is 106 cm³/mol. The smallest absolute Gasteiger partial charge is 0.213 e. The quantitative estimate of drug-likeness (QED) is 0.701. The molecule has 4 nitrogen and oxygen atoms in total. The van der Waals surface area contributed by atoms with Crippen LogP contribution >= 0.6 is 0 Å². The van der Waals surface area contributed by atoms with E-state index in [0.717, 1.165) is 31.3 Å². The number of sulfone groups is 1. The van der Waals surface area contributed by atoms with Crippen LogP contribution in [0.3, 0.4) is 0 Å². The van der Waals surface area contributed by atoms with Crippen LogP contribution in [0.5, 0.6) is 0 Å². The summed E-state index contributed by atoms with van der Waals surface area (Å²) in [5.74, 6) is 0.398. The molecule has 0 unspecified atom stereocenters. The molecule has 27 heavy (non-hydrogen) atoms. The van der Waals surface area contributed by atoms with Crippen molar-refractivity contribution in [1.82, 2.24) is 0 Å². The van der Waals surface area contributed by atoms with Gasteiger partial charge in [0.05, 0.1) is 29.8 Å². The normalized spacial score (nSPS) is 23.4. The van der Waals surface area contributed by atoms with Crippen molar-refractivity contribution in [2.75, 3.05) is 12.3 Å². The minimum absolute atomic E-state index is 0.204. The molecule has 0 bridgehead atoms. The number of hydrogen-bond donors (Lipinski definition) is 0. The molecule has 3 rings (SSSR count).